The zero-order chi connectivity index (χ0) is 20.1. The number of aromatic nitrogens is 3. The number of thioether (sulfide) groups is 1. The topological polar surface area (TPSA) is 76.9 Å². The fourth-order valence-corrected chi connectivity index (χ4v) is 4.56. The van der Waals surface area contributed by atoms with E-state index in [1.165, 1.54) is 24.9 Å². The average Bonchev–Trinajstić information content (AvgIpc) is 3.09. The Labute approximate surface area is 172 Å². The lowest BCUT2D eigenvalue weighted by Crippen LogP contribution is -2.22. The standard InChI is InChI=1S/C18H18ClFN4O2S2/c1-21-28(25,26)12-6-11-27-18-23-22-17(13-7-2-3-8-14(13)19)24(18)16-10-5-4-9-15(16)20/h2-5,7-10,21H,6,11-12H2,1H3. The summed E-state index contributed by atoms with van der Waals surface area (Å²) in [6, 6.07) is 13.5. The van der Waals surface area contributed by atoms with E-state index >= 15 is 0 Å². The van der Waals surface area contributed by atoms with E-state index in [1.54, 1.807) is 41.0 Å². The summed E-state index contributed by atoms with van der Waals surface area (Å²) in [5, 5.41) is 9.35. The number of hydrogen-bond donors (Lipinski definition) is 1. The predicted molar refractivity (Wildman–Crippen MR) is 110 cm³/mol. The molecule has 0 amide bonds. The highest BCUT2D eigenvalue weighted by atomic mass is 35.5. The Morgan fingerprint density at radius 3 is 2.57 bits per heavy atom. The van der Waals surface area contributed by atoms with E-state index in [0.29, 0.717) is 39.4 Å². The van der Waals surface area contributed by atoms with E-state index in [2.05, 4.69) is 14.9 Å². The fourth-order valence-electron chi connectivity index (χ4n) is 2.55. The van der Waals surface area contributed by atoms with Crippen molar-refractivity contribution in [1.82, 2.24) is 19.5 Å². The van der Waals surface area contributed by atoms with Crippen LogP contribution in [0.1, 0.15) is 6.42 Å². The van der Waals surface area contributed by atoms with Gasteiger partial charge in [0.25, 0.3) is 0 Å². The summed E-state index contributed by atoms with van der Waals surface area (Å²) in [7, 11) is -1.89. The summed E-state index contributed by atoms with van der Waals surface area (Å²) >= 11 is 7.62. The number of halogens is 2. The zero-order valence-electron chi connectivity index (χ0n) is 15.0. The van der Waals surface area contributed by atoms with Gasteiger partial charge in [0, 0.05) is 11.3 Å². The molecule has 0 saturated carbocycles. The maximum absolute atomic E-state index is 14.5. The van der Waals surface area contributed by atoms with Crippen LogP contribution in [-0.2, 0) is 10.0 Å². The molecule has 0 radical (unpaired) electrons. The van der Waals surface area contributed by atoms with Crippen LogP contribution in [0.2, 0.25) is 5.02 Å². The van der Waals surface area contributed by atoms with Crippen molar-refractivity contribution in [1.29, 1.82) is 0 Å². The molecule has 0 aliphatic heterocycles. The van der Waals surface area contributed by atoms with Crippen LogP contribution < -0.4 is 4.72 Å². The third-order valence-corrected chi connectivity index (χ3v) is 6.73. The van der Waals surface area contributed by atoms with Gasteiger partial charge in [-0.1, -0.05) is 47.6 Å². The Hall–Kier alpha value is -1.94. The van der Waals surface area contributed by atoms with Crippen molar-refractivity contribution in [2.24, 2.45) is 0 Å². The molecule has 0 aliphatic rings. The van der Waals surface area contributed by atoms with E-state index < -0.39 is 15.8 Å². The van der Waals surface area contributed by atoms with Crippen molar-refractivity contribution in [3.8, 4) is 17.1 Å². The summed E-state index contributed by atoms with van der Waals surface area (Å²) in [4.78, 5) is 0. The monoisotopic (exact) mass is 440 g/mol. The van der Waals surface area contributed by atoms with Gasteiger partial charge in [0.05, 0.1) is 16.5 Å². The molecule has 148 valence electrons. The molecule has 0 unspecified atom stereocenters. The molecule has 0 fully saturated rings. The third-order valence-electron chi connectivity index (χ3n) is 3.94. The fraction of sp³-hybridized carbons (Fsp3) is 0.222. The maximum atomic E-state index is 14.5. The molecule has 0 saturated heterocycles. The highest BCUT2D eigenvalue weighted by Gasteiger charge is 2.20. The molecule has 6 nitrogen and oxygen atoms in total. The molecule has 0 bridgehead atoms. The highest BCUT2D eigenvalue weighted by Crippen LogP contribution is 2.32. The van der Waals surface area contributed by atoms with Crippen molar-refractivity contribution in [3.05, 3.63) is 59.4 Å². The van der Waals surface area contributed by atoms with Crippen molar-refractivity contribution in [2.75, 3.05) is 18.6 Å². The number of hydrogen-bond acceptors (Lipinski definition) is 5. The van der Waals surface area contributed by atoms with Gasteiger partial charge in [-0.2, -0.15) is 0 Å². The Morgan fingerprint density at radius 2 is 1.86 bits per heavy atom. The van der Waals surface area contributed by atoms with E-state index in [4.69, 9.17) is 11.6 Å². The second kappa shape index (κ2) is 9.04. The molecule has 3 rings (SSSR count). The molecule has 0 atom stereocenters. The largest absolute Gasteiger partial charge is 0.267 e. The van der Waals surface area contributed by atoms with Crippen molar-refractivity contribution in [2.45, 2.75) is 11.6 Å². The van der Waals surface area contributed by atoms with Crippen LogP contribution in [0.4, 0.5) is 4.39 Å². The van der Waals surface area contributed by atoms with Crippen LogP contribution in [0.25, 0.3) is 17.1 Å². The van der Waals surface area contributed by atoms with Gasteiger partial charge in [-0.15, -0.1) is 10.2 Å². The third kappa shape index (κ3) is 4.72. The van der Waals surface area contributed by atoms with Gasteiger partial charge in [-0.25, -0.2) is 17.5 Å². The quantitative estimate of drug-likeness (QED) is 0.426. The molecule has 0 spiro atoms. The molecule has 0 aliphatic carbocycles. The molecule has 10 heteroatoms. The van der Waals surface area contributed by atoms with Gasteiger partial charge < -0.3 is 0 Å². The van der Waals surface area contributed by atoms with Crippen LogP contribution in [0.3, 0.4) is 0 Å². The van der Waals surface area contributed by atoms with Gasteiger partial charge in [0.2, 0.25) is 10.0 Å². The van der Waals surface area contributed by atoms with Crippen molar-refractivity contribution in [3.63, 3.8) is 0 Å². The summed E-state index contributed by atoms with van der Waals surface area (Å²) in [6.45, 7) is 0. The van der Waals surface area contributed by atoms with Crippen molar-refractivity contribution < 1.29 is 12.8 Å². The van der Waals surface area contributed by atoms with Gasteiger partial charge in [-0.3, -0.25) is 4.57 Å². The maximum Gasteiger partial charge on any atom is 0.211 e. The van der Waals surface area contributed by atoms with Crippen molar-refractivity contribution >= 4 is 33.4 Å². The summed E-state index contributed by atoms with van der Waals surface area (Å²) in [6.07, 6.45) is 0.416. The first-order valence-corrected chi connectivity index (χ1v) is 11.4. The summed E-state index contributed by atoms with van der Waals surface area (Å²) < 4.78 is 41.5. The average molecular weight is 441 g/mol. The van der Waals surface area contributed by atoms with Crippen LogP contribution in [0, 0.1) is 5.82 Å². The number of benzene rings is 2. The van der Waals surface area contributed by atoms with Crippen LogP contribution in [0.5, 0.6) is 0 Å². The number of rotatable bonds is 8. The lowest BCUT2D eigenvalue weighted by molar-refractivity contribution is 0.587. The van der Waals surface area contributed by atoms with E-state index in [0.717, 1.165) is 0 Å². The van der Waals surface area contributed by atoms with Crippen LogP contribution in [0.15, 0.2) is 53.7 Å². The van der Waals surface area contributed by atoms with E-state index in [1.807, 2.05) is 6.07 Å². The number of nitrogens with zero attached hydrogens (tertiary/aromatic N) is 3. The predicted octanol–water partition coefficient (Wildman–Crippen LogP) is 3.76. The first-order chi connectivity index (χ1) is 13.4. The minimum absolute atomic E-state index is 0.00169. The molecule has 2 aromatic carbocycles. The molecule has 1 heterocycles. The SMILES string of the molecule is CNS(=O)(=O)CCCSc1nnc(-c2ccccc2Cl)n1-c1ccccc1F. The molecule has 1 aromatic heterocycles. The Balaban J connectivity index is 1.95. The lowest BCUT2D eigenvalue weighted by Gasteiger charge is -2.12. The van der Waals surface area contributed by atoms with Gasteiger partial charge in [0.15, 0.2) is 11.0 Å². The number of nitrogens with one attached hydrogen (secondary N) is 1. The van der Waals surface area contributed by atoms with E-state index in [9.17, 15) is 12.8 Å². The Bertz CT molecular complexity index is 1070. The second-order valence-electron chi connectivity index (χ2n) is 5.80. The molecular weight excluding hydrogens is 423 g/mol. The van der Waals surface area contributed by atoms with Crippen LogP contribution in [-0.4, -0.2) is 41.7 Å². The molecule has 28 heavy (non-hydrogen) atoms. The first kappa shape index (κ1) is 20.8. The molecule has 1 N–H and O–H groups in total. The normalized spacial score (nSPS) is 11.7. The Morgan fingerprint density at radius 1 is 1.14 bits per heavy atom. The Kier molecular flexibility index (Phi) is 6.71. The zero-order valence-corrected chi connectivity index (χ0v) is 17.4. The van der Waals surface area contributed by atoms with Gasteiger partial charge >= 0.3 is 0 Å². The second-order valence-corrected chi connectivity index (χ2v) is 9.31. The van der Waals surface area contributed by atoms with Gasteiger partial charge in [0.1, 0.15) is 5.82 Å². The highest BCUT2D eigenvalue weighted by molar-refractivity contribution is 7.99. The number of para-hydroxylation sites is 1. The summed E-state index contributed by atoms with van der Waals surface area (Å²) in [5.74, 6) is 0.480. The summed E-state index contributed by atoms with van der Waals surface area (Å²) in [5.41, 5.74) is 0.928. The minimum atomic E-state index is -3.27. The molecule has 3 aromatic rings. The number of sulfonamides is 1. The lowest BCUT2D eigenvalue weighted by atomic mass is 10.2. The molecular formula is C18H18ClFN4O2S2. The van der Waals surface area contributed by atoms with E-state index in [-0.39, 0.29) is 5.75 Å². The minimum Gasteiger partial charge on any atom is -0.267 e. The van der Waals surface area contributed by atoms with Crippen LogP contribution >= 0.6 is 23.4 Å². The van der Waals surface area contributed by atoms with Gasteiger partial charge in [-0.05, 0) is 37.7 Å². The first-order valence-electron chi connectivity index (χ1n) is 8.42. The smallest absolute Gasteiger partial charge is 0.211 e.